The summed E-state index contributed by atoms with van der Waals surface area (Å²) >= 11 is 6.16. The van der Waals surface area contributed by atoms with Crippen molar-refractivity contribution in [1.29, 1.82) is 0 Å². The van der Waals surface area contributed by atoms with E-state index in [0.29, 0.717) is 16.4 Å². The number of halogens is 1. The van der Waals surface area contributed by atoms with E-state index in [9.17, 15) is 8.42 Å². The van der Waals surface area contributed by atoms with Gasteiger partial charge in [0.2, 0.25) is 10.0 Å². The second kappa shape index (κ2) is 5.55. The lowest BCUT2D eigenvalue weighted by molar-refractivity contribution is 0.229. The molecule has 1 aliphatic carbocycles. The normalized spacial score (nSPS) is 17.3. The summed E-state index contributed by atoms with van der Waals surface area (Å²) in [7, 11) is -0.656. The first-order valence-electron chi connectivity index (χ1n) is 7.09. The standard InChI is InChI=1S/C14H17ClN4O3S/c1-19(2)23(20,21)9-4-5-11(15)10(8-9)12-17-13(18-22-12)14(16)6-3-7-14/h4-5,8H,3,6-7,16H2,1-2H3. The summed E-state index contributed by atoms with van der Waals surface area (Å²) in [6.45, 7) is 0. The summed E-state index contributed by atoms with van der Waals surface area (Å²) in [5, 5.41) is 4.26. The van der Waals surface area contributed by atoms with Gasteiger partial charge in [0.05, 0.1) is 21.0 Å². The van der Waals surface area contributed by atoms with Crippen LogP contribution in [0.2, 0.25) is 5.02 Å². The lowest BCUT2D eigenvalue weighted by Crippen LogP contribution is -2.44. The smallest absolute Gasteiger partial charge is 0.259 e. The van der Waals surface area contributed by atoms with Crippen molar-refractivity contribution in [3.63, 3.8) is 0 Å². The zero-order valence-electron chi connectivity index (χ0n) is 12.8. The van der Waals surface area contributed by atoms with E-state index >= 15 is 0 Å². The molecule has 23 heavy (non-hydrogen) atoms. The van der Waals surface area contributed by atoms with Crippen LogP contribution in [0.4, 0.5) is 0 Å². The number of nitrogens with two attached hydrogens (primary N) is 1. The lowest BCUT2D eigenvalue weighted by Gasteiger charge is -2.34. The number of hydrogen-bond acceptors (Lipinski definition) is 6. The van der Waals surface area contributed by atoms with Gasteiger partial charge in [0.15, 0.2) is 5.82 Å². The fraction of sp³-hybridized carbons (Fsp3) is 0.429. The Hall–Kier alpha value is -1.48. The minimum absolute atomic E-state index is 0.104. The average molecular weight is 357 g/mol. The van der Waals surface area contributed by atoms with Gasteiger partial charge in [-0.05, 0) is 37.5 Å². The number of sulfonamides is 1. The average Bonchev–Trinajstić information content (AvgIpc) is 2.94. The first kappa shape index (κ1) is 16.4. The summed E-state index contributed by atoms with van der Waals surface area (Å²) in [4.78, 5) is 4.41. The zero-order chi connectivity index (χ0) is 16.8. The van der Waals surface area contributed by atoms with Gasteiger partial charge in [-0.3, -0.25) is 0 Å². The quantitative estimate of drug-likeness (QED) is 0.898. The van der Waals surface area contributed by atoms with E-state index in [1.165, 1.54) is 32.3 Å². The third-order valence-electron chi connectivity index (χ3n) is 4.06. The molecule has 1 aromatic heterocycles. The van der Waals surface area contributed by atoms with E-state index in [-0.39, 0.29) is 10.8 Å². The summed E-state index contributed by atoms with van der Waals surface area (Å²) < 4.78 is 30.9. The van der Waals surface area contributed by atoms with Gasteiger partial charge in [-0.1, -0.05) is 16.8 Å². The molecule has 0 aliphatic heterocycles. The molecule has 1 heterocycles. The van der Waals surface area contributed by atoms with Crippen molar-refractivity contribution in [1.82, 2.24) is 14.4 Å². The molecule has 0 amide bonds. The lowest BCUT2D eigenvalue weighted by atomic mass is 9.77. The highest BCUT2D eigenvalue weighted by Crippen LogP contribution is 2.38. The summed E-state index contributed by atoms with van der Waals surface area (Å²) in [5.74, 6) is 0.591. The van der Waals surface area contributed by atoms with E-state index in [1.807, 2.05) is 0 Å². The fourth-order valence-electron chi connectivity index (χ4n) is 2.36. The summed E-state index contributed by atoms with van der Waals surface area (Å²) in [6.07, 6.45) is 2.63. The third-order valence-corrected chi connectivity index (χ3v) is 6.20. The largest absolute Gasteiger partial charge is 0.334 e. The molecule has 1 fully saturated rings. The van der Waals surface area contributed by atoms with Crippen LogP contribution < -0.4 is 5.73 Å². The van der Waals surface area contributed by atoms with Gasteiger partial charge >= 0.3 is 0 Å². The monoisotopic (exact) mass is 356 g/mol. The molecule has 0 radical (unpaired) electrons. The van der Waals surface area contributed by atoms with Crippen molar-refractivity contribution in [2.45, 2.75) is 29.7 Å². The molecule has 0 atom stereocenters. The van der Waals surface area contributed by atoms with E-state index in [2.05, 4.69) is 10.1 Å². The Balaban J connectivity index is 2.03. The maximum atomic E-state index is 12.2. The van der Waals surface area contributed by atoms with Crippen LogP contribution in [0.5, 0.6) is 0 Å². The Labute approximate surface area is 139 Å². The molecule has 0 bridgehead atoms. The molecule has 7 nitrogen and oxygen atoms in total. The van der Waals surface area contributed by atoms with Crippen LogP contribution in [0, 0.1) is 0 Å². The second-order valence-electron chi connectivity index (χ2n) is 5.86. The van der Waals surface area contributed by atoms with Gasteiger partial charge < -0.3 is 10.3 Å². The Morgan fingerprint density at radius 3 is 2.61 bits per heavy atom. The predicted octanol–water partition coefficient (Wildman–Crippen LogP) is 1.98. The zero-order valence-corrected chi connectivity index (χ0v) is 14.4. The highest BCUT2D eigenvalue weighted by atomic mass is 35.5. The van der Waals surface area contributed by atoms with Crippen molar-refractivity contribution in [2.24, 2.45) is 5.73 Å². The number of benzene rings is 1. The van der Waals surface area contributed by atoms with E-state index in [4.69, 9.17) is 21.9 Å². The SMILES string of the molecule is CN(C)S(=O)(=O)c1ccc(Cl)c(-c2nc(C3(N)CCC3)no2)c1. The van der Waals surface area contributed by atoms with E-state index in [0.717, 1.165) is 23.6 Å². The van der Waals surface area contributed by atoms with E-state index < -0.39 is 15.6 Å². The van der Waals surface area contributed by atoms with Crippen molar-refractivity contribution in [3.8, 4) is 11.5 Å². The van der Waals surface area contributed by atoms with Crippen LogP contribution in [-0.2, 0) is 15.6 Å². The van der Waals surface area contributed by atoms with Gasteiger partial charge in [0, 0.05) is 14.1 Å². The highest BCUT2D eigenvalue weighted by Gasteiger charge is 2.39. The van der Waals surface area contributed by atoms with Crippen LogP contribution in [0.25, 0.3) is 11.5 Å². The van der Waals surface area contributed by atoms with Crippen LogP contribution in [0.15, 0.2) is 27.6 Å². The predicted molar refractivity (Wildman–Crippen MR) is 85.3 cm³/mol. The maximum Gasteiger partial charge on any atom is 0.259 e. The maximum absolute atomic E-state index is 12.2. The van der Waals surface area contributed by atoms with Crippen LogP contribution >= 0.6 is 11.6 Å². The second-order valence-corrected chi connectivity index (χ2v) is 8.42. The van der Waals surface area contributed by atoms with Crippen LogP contribution in [-0.4, -0.2) is 37.0 Å². The number of aromatic nitrogens is 2. The van der Waals surface area contributed by atoms with Gasteiger partial charge in [-0.25, -0.2) is 12.7 Å². The molecule has 2 aromatic rings. The van der Waals surface area contributed by atoms with Gasteiger partial charge in [-0.2, -0.15) is 4.98 Å². The molecule has 9 heteroatoms. The topological polar surface area (TPSA) is 102 Å². The highest BCUT2D eigenvalue weighted by molar-refractivity contribution is 7.89. The molecule has 1 aromatic carbocycles. The van der Waals surface area contributed by atoms with Crippen molar-refractivity contribution >= 4 is 21.6 Å². The first-order valence-corrected chi connectivity index (χ1v) is 8.91. The van der Waals surface area contributed by atoms with Crippen molar-refractivity contribution < 1.29 is 12.9 Å². The fourth-order valence-corrected chi connectivity index (χ4v) is 3.48. The third kappa shape index (κ3) is 2.76. The molecule has 1 aliphatic rings. The summed E-state index contributed by atoms with van der Waals surface area (Å²) in [6, 6.07) is 4.37. The van der Waals surface area contributed by atoms with E-state index in [1.54, 1.807) is 0 Å². The van der Waals surface area contributed by atoms with Crippen molar-refractivity contribution in [3.05, 3.63) is 29.0 Å². The molecule has 3 rings (SSSR count). The van der Waals surface area contributed by atoms with Crippen LogP contribution in [0.1, 0.15) is 25.1 Å². The molecule has 124 valence electrons. The molecular weight excluding hydrogens is 340 g/mol. The van der Waals surface area contributed by atoms with Crippen LogP contribution in [0.3, 0.4) is 0 Å². The minimum Gasteiger partial charge on any atom is -0.334 e. The number of nitrogens with zero attached hydrogens (tertiary/aromatic N) is 3. The number of rotatable bonds is 4. The summed E-state index contributed by atoms with van der Waals surface area (Å²) in [5.41, 5.74) is 5.99. The molecule has 0 unspecified atom stereocenters. The minimum atomic E-state index is -3.58. The Bertz CT molecular complexity index is 843. The van der Waals surface area contributed by atoms with Crippen molar-refractivity contribution in [2.75, 3.05) is 14.1 Å². The molecule has 0 saturated heterocycles. The van der Waals surface area contributed by atoms with Gasteiger partial charge in [0.25, 0.3) is 5.89 Å². The number of hydrogen-bond donors (Lipinski definition) is 1. The molecule has 1 saturated carbocycles. The van der Waals surface area contributed by atoms with Gasteiger partial charge in [0.1, 0.15) is 0 Å². The molecule has 0 spiro atoms. The molecule has 2 N–H and O–H groups in total. The Morgan fingerprint density at radius 2 is 2.04 bits per heavy atom. The van der Waals surface area contributed by atoms with Gasteiger partial charge in [-0.15, -0.1) is 0 Å². The molecular formula is C14H17ClN4O3S. The first-order chi connectivity index (χ1) is 10.7. The Morgan fingerprint density at radius 1 is 1.35 bits per heavy atom. The Kier molecular flexibility index (Phi) is 3.96.